The molecule has 3 aromatic carbocycles. The van der Waals surface area contributed by atoms with E-state index in [1.54, 1.807) is 0 Å². The lowest BCUT2D eigenvalue weighted by atomic mass is 10.1. The third-order valence-electron chi connectivity index (χ3n) is 4.39. The molecule has 0 spiro atoms. The van der Waals surface area contributed by atoms with Gasteiger partial charge in [-0.3, -0.25) is 0 Å². The molecule has 0 atom stereocenters. The second-order valence-electron chi connectivity index (χ2n) is 6.02. The Bertz CT molecular complexity index is 1090. The van der Waals surface area contributed by atoms with Crippen LogP contribution >= 0.6 is 22.7 Å². The van der Waals surface area contributed by atoms with Gasteiger partial charge in [0.05, 0.1) is 9.40 Å². The summed E-state index contributed by atoms with van der Waals surface area (Å²) in [7, 11) is 0. The van der Waals surface area contributed by atoms with Crippen molar-refractivity contribution in [1.29, 1.82) is 0 Å². The molecule has 22 heavy (non-hydrogen) atoms. The summed E-state index contributed by atoms with van der Waals surface area (Å²) in [5.41, 5.74) is 2.67. The third-order valence-corrected chi connectivity index (χ3v) is 6.89. The Kier molecular flexibility index (Phi) is 2.47. The number of hydrogen-bond acceptors (Lipinski definition) is 2. The predicted octanol–water partition coefficient (Wildman–Crippen LogP) is 7.04. The molecular weight excluding hydrogens is 304 g/mol. The zero-order chi connectivity index (χ0) is 14.8. The van der Waals surface area contributed by atoms with Crippen LogP contribution in [0.15, 0.2) is 48.5 Å². The van der Waals surface area contributed by atoms with Crippen molar-refractivity contribution in [2.45, 2.75) is 13.8 Å². The van der Waals surface area contributed by atoms with Crippen molar-refractivity contribution in [2.75, 3.05) is 0 Å². The van der Waals surface area contributed by atoms with Gasteiger partial charge in [-0.25, -0.2) is 0 Å². The molecule has 0 aliphatic rings. The van der Waals surface area contributed by atoms with Gasteiger partial charge in [-0.15, -0.1) is 22.7 Å². The fourth-order valence-corrected chi connectivity index (χ4v) is 6.02. The molecule has 0 unspecified atom stereocenters. The summed E-state index contributed by atoms with van der Waals surface area (Å²) >= 11 is 3.87. The van der Waals surface area contributed by atoms with Gasteiger partial charge in [-0.05, 0) is 37.1 Å². The zero-order valence-corrected chi connectivity index (χ0v) is 14.1. The smallest absolute Gasteiger partial charge is 0.0534 e. The molecule has 0 saturated heterocycles. The fourth-order valence-electron chi connectivity index (χ4n) is 3.28. The van der Waals surface area contributed by atoms with Gasteiger partial charge in [0.15, 0.2) is 0 Å². The van der Waals surface area contributed by atoms with E-state index in [-0.39, 0.29) is 0 Å². The average molecular weight is 318 g/mol. The van der Waals surface area contributed by atoms with Crippen LogP contribution in [0, 0.1) is 13.8 Å². The Morgan fingerprint density at radius 2 is 0.955 bits per heavy atom. The molecule has 0 bridgehead atoms. The van der Waals surface area contributed by atoms with E-state index in [1.165, 1.54) is 51.5 Å². The number of fused-ring (bicyclic) bond motifs is 7. The van der Waals surface area contributed by atoms with Crippen LogP contribution in [0.2, 0.25) is 0 Å². The van der Waals surface area contributed by atoms with Crippen LogP contribution in [0.3, 0.4) is 0 Å². The molecule has 5 rings (SSSR count). The summed E-state index contributed by atoms with van der Waals surface area (Å²) < 4.78 is 5.68. The van der Waals surface area contributed by atoms with Crippen LogP contribution in [-0.2, 0) is 0 Å². The van der Waals surface area contributed by atoms with Crippen LogP contribution < -0.4 is 0 Å². The second kappa shape index (κ2) is 4.31. The first-order chi connectivity index (χ1) is 10.7. The Morgan fingerprint density at radius 1 is 0.545 bits per heavy atom. The maximum Gasteiger partial charge on any atom is 0.0534 e. The molecule has 5 aromatic rings. The monoisotopic (exact) mass is 318 g/mol. The molecule has 0 fully saturated rings. The van der Waals surface area contributed by atoms with E-state index >= 15 is 0 Å². The molecule has 0 radical (unpaired) electrons. The number of benzene rings is 3. The lowest BCUT2D eigenvalue weighted by molar-refractivity contribution is 1.52. The second-order valence-corrected chi connectivity index (χ2v) is 8.13. The van der Waals surface area contributed by atoms with E-state index < -0.39 is 0 Å². The lowest BCUT2D eigenvalue weighted by Gasteiger charge is -1.95. The van der Waals surface area contributed by atoms with Crippen molar-refractivity contribution in [3.63, 3.8) is 0 Å². The number of thiophene rings is 2. The third kappa shape index (κ3) is 1.62. The first-order valence-corrected chi connectivity index (χ1v) is 9.09. The highest BCUT2D eigenvalue weighted by Gasteiger charge is 2.12. The highest BCUT2D eigenvalue weighted by Crippen LogP contribution is 2.44. The van der Waals surface area contributed by atoms with Crippen LogP contribution in [0.4, 0.5) is 0 Å². The van der Waals surface area contributed by atoms with Crippen molar-refractivity contribution in [1.82, 2.24) is 0 Å². The van der Waals surface area contributed by atoms with Gasteiger partial charge in [0.2, 0.25) is 0 Å². The number of aryl methyl sites for hydroxylation is 2. The highest BCUT2D eigenvalue weighted by atomic mass is 32.1. The summed E-state index contributed by atoms with van der Waals surface area (Å²) in [5.74, 6) is 0. The van der Waals surface area contributed by atoms with Gasteiger partial charge in [0.1, 0.15) is 0 Å². The minimum Gasteiger partial charge on any atom is -0.134 e. The highest BCUT2D eigenvalue weighted by molar-refractivity contribution is 7.33. The largest absolute Gasteiger partial charge is 0.134 e. The number of hydrogen-bond donors (Lipinski definition) is 0. The van der Waals surface area contributed by atoms with E-state index in [2.05, 4.69) is 62.4 Å². The molecule has 0 aliphatic carbocycles. The Labute approximate surface area is 136 Å². The Hall–Kier alpha value is -1.90. The van der Waals surface area contributed by atoms with Crippen molar-refractivity contribution < 1.29 is 0 Å². The van der Waals surface area contributed by atoms with Crippen molar-refractivity contribution in [3.8, 4) is 0 Å². The van der Waals surface area contributed by atoms with Crippen molar-refractivity contribution >= 4 is 63.0 Å². The van der Waals surface area contributed by atoms with Gasteiger partial charge in [-0.2, -0.15) is 0 Å². The Morgan fingerprint density at radius 3 is 1.41 bits per heavy atom. The molecule has 0 N–H and O–H groups in total. The minimum atomic E-state index is 1.34. The molecule has 0 saturated carbocycles. The van der Waals surface area contributed by atoms with E-state index in [0.29, 0.717) is 0 Å². The number of rotatable bonds is 0. The van der Waals surface area contributed by atoms with Crippen LogP contribution in [0.5, 0.6) is 0 Å². The van der Waals surface area contributed by atoms with Gasteiger partial charge in [-0.1, -0.05) is 36.4 Å². The van der Waals surface area contributed by atoms with Crippen molar-refractivity contribution in [2.24, 2.45) is 0 Å². The zero-order valence-electron chi connectivity index (χ0n) is 12.4. The van der Waals surface area contributed by atoms with Gasteiger partial charge >= 0.3 is 0 Å². The topological polar surface area (TPSA) is 0 Å². The molecule has 2 aromatic heterocycles. The van der Waals surface area contributed by atoms with Gasteiger partial charge < -0.3 is 0 Å². The molecular formula is C20H14S2. The fraction of sp³-hybridized carbons (Fsp3) is 0.100. The molecule has 2 heterocycles. The molecule has 0 aliphatic heterocycles. The van der Waals surface area contributed by atoms with Crippen molar-refractivity contribution in [3.05, 3.63) is 59.7 Å². The Balaban J connectivity index is 2.02. The normalized spacial score (nSPS) is 12.1. The molecule has 0 amide bonds. The summed E-state index contributed by atoms with van der Waals surface area (Å²) in [6.45, 7) is 4.34. The maximum absolute atomic E-state index is 2.31. The summed E-state index contributed by atoms with van der Waals surface area (Å²) in [5, 5.41) is 5.58. The first-order valence-electron chi connectivity index (χ1n) is 7.45. The van der Waals surface area contributed by atoms with Gasteiger partial charge in [0, 0.05) is 30.9 Å². The summed E-state index contributed by atoms with van der Waals surface area (Å²) in [6.07, 6.45) is 0. The van der Waals surface area contributed by atoms with E-state index in [9.17, 15) is 0 Å². The van der Waals surface area contributed by atoms with Gasteiger partial charge in [0.25, 0.3) is 0 Å². The SMILES string of the molecule is Cc1ccc2c(c1)sc1c2ccc2c3ccc(C)cc3sc21. The standard InChI is InChI=1S/C20H14S2/c1-11-3-5-13-15-7-8-16-14-6-4-12(2)10-18(14)22-20(16)19(15)21-17(13)9-11/h3-10H,1-2H3. The first kappa shape index (κ1) is 12.6. The van der Waals surface area contributed by atoms with Crippen LogP contribution in [0.25, 0.3) is 40.3 Å². The molecule has 2 heteroatoms. The lowest BCUT2D eigenvalue weighted by Crippen LogP contribution is -1.71. The van der Waals surface area contributed by atoms with E-state index in [1.807, 2.05) is 22.7 Å². The summed E-state index contributed by atoms with van der Waals surface area (Å²) in [6, 6.07) is 18.2. The van der Waals surface area contributed by atoms with Crippen LogP contribution in [-0.4, -0.2) is 0 Å². The molecule has 0 nitrogen and oxygen atoms in total. The minimum absolute atomic E-state index is 1.34. The average Bonchev–Trinajstić information content (AvgIpc) is 3.03. The van der Waals surface area contributed by atoms with Crippen LogP contribution in [0.1, 0.15) is 11.1 Å². The van der Waals surface area contributed by atoms with E-state index in [4.69, 9.17) is 0 Å². The quantitative estimate of drug-likeness (QED) is 0.287. The van der Waals surface area contributed by atoms with E-state index in [0.717, 1.165) is 0 Å². The maximum atomic E-state index is 2.31. The summed E-state index contributed by atoms with van der Waals surface area (Å²) in [4.78, 5) is 0. The molecule has 106 valence electrons. The predicted molar refractivity (Wildman–Crippen MR) is 102 cm³/mol.